The van der Waals surface area contributed by atoms with Gasteiger partial charge in [0.2, 0.25) is 0 Å². The van der Waals surface area contributed by atoms with Crippen LogP contribution >= 0.6 is 14.0 Å². The molecule has 1 atom stereocenters. The Labute approximate surface area is 98.8 Å². The fraction of sp³-hybridized carbons (Fsp3) is 0.667. The molecular weight excluding hydrogens is 297 g/mol. The molecule has 0 bridgehead atoms. The van der Waals surface area contributed by atoms with Crippen LogP contribution in [-0.4, -0.2) is 11.4 Å². The fourth-order valence-corrected chi connectivity index (χ4v) is 8.34. The topological polar surface area (TPSA) is 0 Å². The van der Waals surface area contributed by atoms with Gasteiger partial charge in [-0.15, -0.1) is 0 Å². The van der Waals surface area contributed by atoms with Crippen LogP contribution < -0.4 is 0 Å². The van der Waals surface area contributed by atoms with Gasteiger partial charge in [0.25, 0.3) is 0 Å². The van der Waals surface area contributed by atoms with Crippen molar-refractivity contribution < 1.29 is 0 Å². The third kappa shape index (κ3) is 4.83. The molecule has 2 heteroatoms. The second-order valence-corrected chi connectivity index (χ2v) is 21.5. The second-order valence-electron chi connectivity index (χ2n) is 3.88. The van der Waals surface area contributed by atoms with Crippen LogP contribution in [0.2, 0.25) is 15.3 Å². The van der Waals surface area contributed by atoms with E-state index in [9.17, 15) is 0 Å². The number of allylic oxidation sites excluding steroid dienone is 3. The number of rotatable bonds is 7. The Bertz CT molecular complexity index is 183. The van der Waals surface area contributed by atoms with E-state index in [4.69, 9.17) is 0 Å². The van der Waals surface area contributed by atoms with E-state index in [1.807, 2.05) is 12.2 Å². The van der Waals surface area contributed by atoms with E-state index in [0.717, 1.165) is 4.75 Å². The molecule has 0 aliphatic carbocycles. The average molecular weight is 320 g/mol. The van der Waals surface area contributed by atoms with Crippen molar-refractivity contribution in [1.82, 2.24) is 0 Å². The van der Waals surface area contributed by atoms with Crippen molar-refractivity contribution in [2.24, 2.45) is 0 Å². The van der Waals surface area contributed by atoms with Crippen LogP contribution in [0.15, 0.2) is 24.8 Å². The summed E-state index contributed by atoms with van der Waals surface area (Å²) >= 11 is 2.45. The van der Waals surface area contributed by atoms with Crippen LogP contribution in [-0.2, 0) is 0 Å². The molecule has 0 aromatic rings. The minimum atomic E-state index is -1.62. The zero-order chi connectivity index (χ0) is 11.0. The van der Waals surface area contributed by atoms with Gasteiger partial charge < -0.3 is 0 Å². The van der Waals surface area contributed by atoms with E-state index in [1.165, 1.54) is 23.3 Å². The SMILES string of the molecule is C=CC=CCC[CH](C)[Ge]([Br])([CH2]C)[CH2]C. The predicted molar refractivity (Wildman–Crippen MR) is 73.6 cm³/mol. The molecule has 0 radical (unpaired) electrons. The van der Waals surface area contributed by atoms with Crippen molar-refractivity contribution in [2.75, 3.05) is 0 Å². The van der Waals surface area contributed by atoms with Gasteiger partial charge in [-0.3, -0.25) is 0 Å². The molecule has 0 rings (SSSR count). The maximum absolute atomic E-state index is 4.06. The quantitative estimate of drug-likeness (QED) is 0.442. The van der Waals surface area contributed by atoms with E-state index < -0.39 is 11.4 Å². The summed E-state index contributed by atoms with van der Waals surface area (Å²) in [5.74, 6) is 0. The Kier molecular flexibility index (Phi) is 8.03. The van der Waals surface area contributed by atoms with Gasteiger partial charge in [-0.05, 0) is 0 Å². The van der Waals surface area contributed by atoms with E-state index in [-0.39, 0.29) is 0 Å². The van der Waals surface area contributed by atoms with Crippen LogP contribution in [0.1, 0.15) is 33.6 Å². The van der Waals surface area contributed by atoms with Crippen molar-refractivity contribution in [1.29, 1.82) is 0 Å². The molecule has 0 saturated carbocycles. The molecular formula is C12H23BrGe. The molecule has 0 aliphatic heterocycles. The maximum atomic E-state index is 4.06. The first-order valence-corrected chi connectivity index (χ1v) is 14.7. The molecule has 0 heterocycles. The molecule has 0 spiro atoms. The first kappa shape index (κ1) is 14.5. The average Bonchev–Trinajstić information content (AvgIpc) is 2.22. The van der Waals surface area contributed by atoms with Gasteiger partial charge in [-0.25, -0.2) is 0 Å². The van der Waals surface area contributed by atoms with Gasteiger partial charge in [-0.1, -0.05) is 0 Å². The van der Waals surface area contributed by atoms with Gasteiger partial charge in [0.15, 0.2) is 0 Å². The molecule has 0 N–H and O–H groups in total. The molecule has 82 valence electrons. The molecule has 14 heavy (non-hydrogen) atoms. The summed E-state index contributed by atoms with van der Waals surface area (Å²) < 4.78 is 0.916. The first-order chi connectivity index (χ1) is 6.60. The van der Waals surface area contributed by atoms with Crippen molar-refractivity contribution in [3.05, 3.63) is 24.8 Å². The van der Waals surface area contributed by atoms with E-state index in [2.05, 4.69) is 47.4 Å². The summed E-state index contributed by atoms with van der Waals surface area (Å²) in [4.78, 5) is 0. The van der Waals surface area contributed by atoms with Crippen LogP contribution in [0.5, 0.6) is 0 Å². The molecule has 0 saturated heterocycles. The van der Waals surface area contributed by atoms with Crippen LogP contribution in [0.25, 0.3) is 0 Å². The third-order valence-corrected chi connectivity index (χ3v) is 22.2. The Hall–Kier alpha value is 0.503. The Morgan fingerprint density at radius 1 is 1.36 bits per heavy atom. The van der Waals surface area contributed by atoms with Crippen molar-refractivity contribution in [3.63, 3.8) is 0 Å². The summed E-state index contributed by atoms with van der Waals surface area (Å²) in [6.45, 7) is 10.8. The zero-order valence-electron chi connectivity index (χ0n) is 9.72. The molecule has 0 amide bonds. The summed E-state index contributed by atoms with van der Waals surface area (Å²) in [7, 11) is 0. The van der Waals surface area contributed by atoms with Crippen molar-refractivity contribution in [3.8, 4) is 0 Å². The van der Waals surface area contributed by atoms with Gasteiger partial charge in [0.05, 0.1) is 0 Å². The van der Waals surface area contributed by atoms with Crippen molar-refractivity contribution >= 4 is 25.4 Å². The summed E-state index contributed by atoms with van der Waals surface area (Å²) in [5, 5.41) is 2.78. The molecule has 0 aliphatic rings. The monoisotopic (exact) mass is 320 g/mol. The van der Waals surface area contributed by atoms with Crippen molar-refractivity contribution in [2.45, 2.75) is 48.9 Å². The molecule has 0 aromatic carbocycles. The van der Waals surface area contributed by atoms with E-state index in [1.54, 1.807) is 0 Å². The molecule has 0 fully saturated rings. The third-order valence-electron chi connectivity index (χ3n) is 3.10. The molecule has 0 aromatic heterocycles. The zero-order valence-corrected chi connectivity index (χ0v) is 13.4. The summed E-state index contributed by atoms with van der Waals surface area (Å²) in [6.07, 6.45) is 8.66. The van der Waals surface area contributed by atoms with Gasteiger partial charge in [0, 0.05) is 0 Å². The number of hydrogen-bond acceptors (Lipinski definition) is 0. The number of hydrogen-bond donors (Lipinski definition) is 0. The summed E-state index contributed by atoms with van der Waals surface area (Å²) in [6, 6.07) is 0. The van der Waals surface area contributed by atoms with Crippen LogP contribution in [0, 0.1) is 0 Å². The normalized spacial score (nSPS) is 14.6. The summed E-state index contributed by atoms with van der Waals surface area (Å²) in [5.41, 5.74) is 0. The van der Waals surface area contributed by atoms with Gasteiger partial charge >= 0.3 is 99.1 Å². The number of halogens is 1. The Morgan fingerprint density at radius 2 is 1.93 bits per heavy atom. The minimum absolute atomic E-state index is 0.916. The van der Waals surface area contributed by atoms with Gasteiger partial charge in [-0.2, -0.15) is 0 Å². The Morgan fingerprint density at radius 3 is 2.36 bits per heavy atom. The fourth-order valence-electron chi connectivity index (χ4n) is 1.74. The Balaban J connectivity index is 3.98. The first-order valence-electron chi connectivity index (χ1n) is 5.57. The van der Waals surface area contributed by atoms with Crippen LogP contribution in [0.3, 0.4) is 0 Å². The predicted octanol–water partition coefficient (Wildman–Crippen LogP) is 5.28. The molecule has 0 nitrogen and oxygen atoms in total. The standard InChI is InChI=1S/C12H23BrGe/c1-5-8-9-10-11-12(4)14(13,6-2)7-3/h5,8-9,12H,1,6-7,10-11H2,2-4H3. The van der Waals surface area contributed by atoms with E-state index >= 15 is 0 Å². The van der Waals surface area contributed by atoms with E-state index in [0.29, 0.717) is 0 Å². The second kappa shape index (κ2) is 7.75. The van der Waals surface area contributed by atoms with Gasteiger partial charge in [0.1, 0.15) is 0 Å². The van der Waals surface area contributed by atoms with Crippen LogP contribution in [0.4, 0.5) is 0 Å². The molecule has 1 unspecified atom stereocenters.